The monoisotopic (exact) mass is 301 g/mol. The minimum Gasteiger partial charge on any atom is -0.298 e. The molecule has 0 saturated carbocycles. The van der Waals surface area contributed by atoms with Crippen LogP contribution in [0.25, 0.3) is 0 Å². The maximum absolute atomic E-state index is 13.0. The summed E-state index contributed by atoms with van der Waals surface area (Å²) in [5.74, 6) is 0.285. The Labute approximate surface area is 131 Å². The van der Waals surface area contributed by atoms with Gasteiger partial charge >= 0.3 is 0 Å². The van der Waals surface area contributed by atoms with E-state index in [-0.39, 0.29) is 11.2 Å². The molecule has 0 amide bonds. The highest BCUT2D eigenvalue weighted by molar-refractivity contribution is 7.11. The Morgan fingerprint density at radius 2 is 1.76 bits per heavy atom. The summed E-state index contributed by atoms with van der Waals surface area (Å²) in [5, 5.41) is 0.942. The number of hydrogen-bond acceptors (Lipinski definition) is 3. The fraction of sp³-hybridized carbons (Fsp3) is 0.444. The fourth-order valence-corrected chi connectivity index (χ4v) is 3.82. The number of carbonyl (C=O) groups is 1. The van der Waals surface area contributed by atoms with Crippen LogP contribution in [0.2, 0.25) is 0 Å². The molecule has 2 nitrogen and oxygen atoms in total. The molecule has 21 heavy (non-hydrogen) atoms. The average Bonchev–Trinajstić information content (AvgIpc) is 2.80. The molecule has 0 aliphatic heterocycles. The molecule has 0 N–H and O–H groups in total. The second-order valence-electron chi connectivity index (χ2n) is 5.50. The summed E-state index contributed by atoms with van der Waals surface area (Å²) in [5.41, 5.74) is 1.79. The lowest BCUT2D eigenvalue weighted by molar-refractivity contribution is -0.124. The largest absolute Gasteiger partial charge is 0.298 e. The molecule has 0 atom stereocenters. The number of benzene rings is 1. The van der Waals surface area contributed by atoms with Crippen LogP contribution in [0.5, 0.6) is 0 Å². The van der Waals surface area contributed by atoms with Crippen molar-refractivity contribution in [2.24, 2.45) is 0 Å². The molecule has 0 fully saturated rings. The van der Waals surface area contributed by atoms with Gasteiger partial charge in [-0.25, -0.2) is 4.98 Å². The normalized spacial score (nSPS) is 11.6. The zero-order chi connectivity index (χ0) is 15.5. The van der Waals surface area contributed by atoms with E-state index in [1.54, 1.807) is 11.3 Å². The van der Waals surface area contributed by atoms with E-state index in [1.807, 2.05) is 25.1 Å². The molecule has 1 aromatic heterocycles. The van der Waals surface area contributed by atoms with Crippen LogP contribution < -0.4 is 0 Å². The van der Waals surface area contributed by atoms with Gasteiger partial charge in [-0.1, -0.05) is 44.2 Å². The van der Waals surface area contributed by atoms with Gasteiger partial charge in [-0.2, -0.15) is 0 Å². The van der Waals surface area contributed by atoms with Gasteiger partial charge < -0.3 is 0 Å². The van der Waals surface area contributed by atoms with Gasteiger partial charge in [0.05, 0.1) is 17.5 Å². The Balaban J connectivity index is 2.32. The predicted octanol–water partition coefficient (Wildman–Crippen LogP) is 4.63. The third-order valence-electron chi connectivity index (χ3n) is 4.45. The lowest BCUT2D eigenvalue weighted by atomic mass is 9.71. The van der Waals surface area contributed by atoms with Crippen molar-refractivity contribution in [2.75, 3.05) is 0 Å². The van der Waals surface area contributed by atoms with Gasteiger partial charge in [0, 0.05) is 4.88 Å². The highest BCUT2D eigenvalue weighted by Crippen LogP contribution is 2.34. The van der Waals surface area contributed by atoms with Gasteiger partial charge in [-0.05, 0) is 32.3 Å². The summed E-state index contributed by atoms with van der Waals surface area (Å²) >= 11 is 1.64. The van der Waals surface area contributed by atoms with E-state index < -0.39 is 0 Å². The summed E-state index contributed by atoms with van der Waals surface area (Å²) in [7, 11) is 0. The van der Waals surface area contributed by atoms with Crippen LogP contribution in [0.4, 0.5) is 0 Å². The maximum atomic E-state index is 13.0. The molecule has 3 heteroatoms. The predicted molar refractivity (Wildman–Crippen MR) is 89.0 cm³/mol. The van der Waals surface area contributed by atoms with Gasteiger partial charge in [0.15, 0.2) is 0 Å². The summed E-state index contributed by atoms with van der Waals surface area (Å²) in [6.07, 6.45) is 2.10. The Kier molecular flexibility index (Phi) is 4.94. The summed E-state index contributed by atoms with van der Waals surface area (Å²) in [4.78, 5) is 18.7. The van der Waals surface area contributed by atoms with Crippen molar-refractivity contribution in [3.05, 3.63) is 51.5 Å². The standard InChI is InChI=1S/C18H23NOS/c1-5-18(6-2,15-10-8-7-9-11-15)16(20)12-17-19-13(3)14(4)21-17/h7-11H,5-6,12H2,1-4H3. The van der Waals surface area contributed by atoms with Crippen LogP contribution in [0.15, 0.2) is 30.3 Å². The second-order valence-corrected chi connectivity index (χ2v) is 6.79. The minimum absolute atomic E-state index is 0.285. The molecular formula is C18H23NOS. The van der Waals surface area contributed by atoms with Crippen LogP contribution in [-0.4, -0.2) is 10.8 Å². The van der Waals surface area contributed by atoms with Crippen molar-refractivity contribution in [1.82, 2.24) is 4.98 Å². The number of nitrogens with zero attached hydrogens (tertiary/aromatic N) is 1. The van der Waals surface area contributed by atoms with Crippen LogP contribution in [-0.2, 0) is 16.6 Å². The molecule has 0 unspecified atom stereocenters. The number of rotatable bonds is 6. The molecule has 0 spiro atoms. The topological polar surface area (TPSA) is 30.0 Å². The van der Waals surface area contributed by atoms with Crippen molar-refractivity contribution in [2.45, 2.75) is 52.4 Å². The lowest BCUT2D eigenvalue weighted by Crippen LogP contribution is -2.36. The SMILES string of the molecule is CCC(CC)(C(=O)Cc1nc(C)c(C)s1)c1ccccc1. The number of ketones is 1. The Hall–Kier alpha value is -1.48. The first-order valence-electron chi connectivity index (χ1n) is 7.55. The number of aromatic nitrogens is 1. The van der Waals surface area contributed by atoms with E-state index in [2.05, 4.69) is 37.9 Å². The van der Waals surface area contributed by atoms with Crippen molar-refractivity contribution in [1.29, 1.82) is 0 Å². The zero-order valence-corrected chi connectivity index (χ0v) is 14.1. The van der Waals surface area contributed by atoms with E-state index in [9.17, 15) is 4.79 Å². The first-order chi connectivity index (χ1) is 10.0. The second kappa shape index (κ2) is 6.52. The van der Waals surface area contributed by atoms with E-state index in [4.69, 9.17) is 0 Å². The maximum Gasteiger partial charge on any atom is 0.150 e. The van der Waals surface area contributed by atoms with Gasteiger partial charge in [-0.15, -0.1) is 11.3 Å². The average molecular weight is 301 g/mol. The molecule has 1 aromatic carbocycles. The van der Waals surface area contributed by atoms with Crippen molar-refractivity contribution < 1.29 is 4.79 Å². The first kappa shape index (κ1) is 15.9. The quantitative estimate of drug-likeness (QED) is 0.778. The molecule has 0 radical (unpaired) electrons. The van der Waals surface area contributed by atoms with Gasteiger partial charge in [0.1, 0.15) is 10.8 Å². The van der Waals surface area contributed by atoms with Crippen molar-refractivity contribution in [3.63, 3.8) is 0 Å². The smallest absolute Gasteiger partial charge is 0.150 e. The van der Waals surface area contributed by atoms with E-state index >= 15 is 0 Å². The molecule has 2 aromatic rings. The minimum atomic E-state index is -0.380. The van der Waals surface area contributed by atoms with Gasteiger partial charge in [0.2, 0.25) is 0 Å². The first-order valence-corrected chi connectivity index (χ1v) is 8.37. The Morgan fingerprint density at radius 3 is 2.24 bits per heavy atom. The molecule has 0 saturated heterocycles. The van der Waals surface area contributed by atoms with Gasteiger partial charge in [0.25, 0.3) is 0 Å². The molecule has 112 valence electrons. The Morgan fingerprint density at radius 1 is 1.14 bits per heavy atom. The van der Waals surface area contributed by atoms with Crippen LogP contribution >= 0.6 is 11.3 Å². The summed E-state index contributed by atoms with van der Waals surface area (Å²) in [6, 6.07) is 10.2. The van der Waals surface area contributed by atoms with Crippen LogP contribution in [0.3, 0.4) is 0 Å². The summed E-state index contributed by atoms with van der Waals surface area (Å²) in [6.45, 7) is 8.27. The number of thiazole rings is 1. The lowest BCUT2D eigenvalue weighted by Gasteiger charge is -2.30. The zero-order valence-electron chi connectivity index (χ0n) is 13.3. The third-order valence-corrected chi connectivity index (χ3v) is 5.52. The van der Waals surface area contributed by atoms with E-state index in [1.165, 1.54) is 4.88 Å². The number of carbonyl (C=O) groups excluding carboxylic acids is 1. The molecule has 2 rings (SSSR count). The highest BCUT2D eigenvalue weighted by Gasteiger charge is 2.36. The Bertz CT molecular complexity index is 592. The van der Waals surface area contributed by atoms with Crippen LogP contribution in [0.1, 0.15) is 47.8 Å². The highest BCUT2D eigenvalue weighted by atomic mass is 32.1. The molecule has 0 bridgehead atoms. The molecule has 1 heterocycles. The van der Waals surface area contributed by atoms with Crippen LogP contribution in [0, 0.1) is 13.8 Å². The molecule has 0 aliphatic carbocycles. The van der Waals surface area contributed by atoms with E-state index in [0.29, 0.717) is 6.42 Å². The molecule has 0 aliphatic rings. The number of hydrogen-bond donors (Lipinski definition) is 0. The fourth-order valence-electron chi connectivity index (χ4n) is 2.89. The summed E-state index contributed by atoms with van der Waals surface area (Å²) < 4.78 is 0. The number of Topliss-reactive ketones (excluding diaryl/α,β-unsaturated/α-hetero) is 1. The third kappa shape index (κ3) is 3.08. The van der Waals surface area contributed by atoms with Crippen molar-refractivity contribution in [3.8, 4) is 0 Å². The van der Waals surface area contributed by atoms with E-state index in [0.717, 1.165) is 29.1 Å². The van der Waals surface area contributed by atoms with Crippen molar-refractivity contribution >= 4 is 17.1 Å². The number of aryl methyl sites for hydroxylation is 2. The van der Waals surface area contributed by atoms with Gasteiger partial charge in [-0.3, -0.25) is 4.79 Å². The molecular weight excluding hydrogens is 278 g/mol.